The average molecular weight is 404 g/mol. The molecule has 3 rings (SSSR count). The van der Waals surface area contributed by atoms with E-state index < -0.39 is 23.7 Å². The van der Waals surface area contributed by atoms with E-state index in [2.05, 4.69) is 0 Å². The number of rotatable bonds is 7. The van der Waals surface area contributed by atoms with E-state index in [1.807, 2.05) is 6.92 Å². The first-order valence-electron chi connectivity index (χ1n) is 8.95. The van der Waals surface area contributed by atoms with Crippen LogP contribution in [0.15, 0.2) is 36.4 Å². The number of methoxy groups -OCH3 is 2. The van der Waals surface area contributed by atoms with Gasteiger partial charge in [0.15, 0.2) is 11.4 Å². The molecule has 2 aromatic rings. The fourth-order valence-corrected chi connectivity index (χ4v) is 3.67. The SMILES string of the molecule is CCCN1C(=O)[C@@](O)(CC(=O)c2ccc(OC)cc2OC)c2cc(Cl)ccc21. The first kappa shape index (κ1) is 20.2. The van der Waals surface area contributed by atoms with Crippen LogP contribution in [0.2, 0.25) is 5.02 Å². The summed E-state index contributed by atoms with van der Waals surface area (Å²) in [4.78, 5) is 27.5. The summed E-state index contributed by atoms with van der Waals surface area (Å²) >= 11 is 6.10. The standard InChI is InChI=1S/C21H22ClNO5/c1-4-9-23-17-8-5-13(22)10-16(17)21(26,20(23)25)12-18(24)15-7-6-14(27-2)11-19(15)28-3/h5-8,10-11,26H,4,9,12H2,1-3H3/t21-/m1/s1. The third-order valence-electron chi connectivity index (χ3n) is 4.87. The van der Waals surface area contributed by atoms with Crippen molar-refractivity contribution in [2.24, 2.45) is 0 Å². The summed E-state index contributed by atoms with van der Waals surface area (Å²) in [5.41, 5.74) is -0.785. The van der Waals surface area contributed by atoms with Crippen LogP contribution in [0.3, 0.4) is 0 Å². The van der Waals surface area contributed by atoms with Crippen LogP contribution in [0.25, 0.3) is 0 Å². The van der Waals surface area contributed by atoms with Crippen LogP contribution in [0.1, 0.15) is 35.7 Å². The van der Waals surface area contributed by atoms with Crippen LogP contribution >= 0.6 is 11.6 Å². The molecular formula is C21H22ClNO5. The number of carbonyl (C=O) groups is 2. The molecule has 1 amide bonds. The highest BCUT2D eigenvalue weighted by molar-refractivity contribution is 6.31. The van der Waals surface area contributed by atoms with E-state index in [0.717, 1.165) is 0 Å². The number of amides is 1. The molecule has 0 spiro atoms. The number of carbonyl (C=O) groups excluding carboxylic acids is 2. The minimum atomic E-state index is -1.97. The lowest BCUT2D eigenvalue weighted by molar-refractivity contribution is -0.135. The van der Waals surface area contributed by atoms with Crippen LogP contribution in [0, 0.1) is 0 Å². The molecule has 28 heavy (non-hydrogen) atoms. The molecule has 1 atom stereocenters. The molecule has 0 saturated heterocycles. The topological polar surface area (TPSA) is 76.1 Å². The fourth-order valence-electron chi connectivity index (χ4n) is 3.50. The highest BCUT2D eigenvalue weighted by Crippen LogP contribution is 2.44. The van der Waals surface area contributed by atoms with Crippen molar-refractivity contribution in [3.8, 4) is 11.5 Å². The molecule has 1 aliphatic heterocycles. The maximum atomic E-state index is 13.0. The Morgan fingerprint density at radius 1 is 1.18 bits per heavy atom. The summed E-state index contributed by atoms with van der Waals surface area (Å²) in [6.07, 6.45) is 0.298. The van der Waals surface area contributed by atoms with E-state index in [4.69, 9.17) is 21.1 Å². The Kier molecular flexibility index (Phi) is 5.63. The Bertz CT molecular complexity index is 929. The first-order valence-corrected chi connectivity index (χ1v) is 9.33. The minimum Gasteiger partial charge on any atom is -0.497 e. The first-order chi connectivity index (χ1) is 13.3. The zero-order valence-corrected chi connectivity index (χ0v) is 16.7. The van der Waals surface area contributed by atoms with Crippen molar-refractivity contribution in [1.82, 2.24) is 0 Å². The molecule has 0 fully saturated rings. The fraction of sp³-hybridized carbons (Fsp3) is 0.333. The quantitative estimate of drug-likeness (QED) is 0.715. The molecule has 148 valence electrons. The number of aliphatic hydroxyl groups is 1. The molecule has 7 heteroatoms. The largest absolute Gasteiger partial charge is 0.497 e. The third-order valence-corrected chi connectivity index (χ3v) is 5.10. The number of fused-ring (bicyclic) bond motifs is 1. The van der Waals surface area contributed by atoms with Crippen LogP contribution in [0.4, 0.5) is 5.69 Å². The van der Waals surface area contributed by atoms with Crippen LogP contribution in [-0.2, 0) is 10.4 Å². The zero-order chi connectivity index (χ0) is 20.5. The Labute approximate surface area is 168 Å². The van der Waals surface area contributed by atoms with Gasteiger partial charge in [-0.3, -0.25) is 9.59 Å². The van der Waals surface area contributed by atoms with Crippen molar-refractivity contribution in [3.05, 3.63) is 52.5 Å². The molecule has 2 aromatic carbocycles. The highest BCUT2D eigenvalue weighted by Gasteiger charge is 2.51. The van der Waals surface area contributed by atoms with Gasteiger partial charge >= 0.3 is 0 Å². The predicted octanol–water partition coefficient (Wildman–Crippen LogP) is 3.57. The van der Waals surface area contributed by atoms with Gasteiger partial charge in [0.1, 0.15) is 11.5 Å². The van der Waals surface area contributed by atoms with Crippen LogP contribution in [0.5, 0.6) is 11.5 Å². The number of hydrogen-bond donors (Lipinski definition) is 1. The molecule has 0 radical (unpaired) electrons. The molecule has 0 bridgehead atoms. The lowest BCUT2D eigenvalue weighted by Crippen LogP contribution is -2.42. The number of hydrogen-bond acceptors (Lipinski definition) is 5. The molecule has 1 aliphatic rings. The summed E-state index contributed by atoms with van der Waals surface area (Å²) in [7, 11) is 2.96. The van der Waals surface area contributed by atoms with E-state index >= 15 is 0 Å². The number of ether oxygens (including phenoxy) is 2. The van der Waals surface area contributed by atoms with Gasteiger partial charge in [0.05, 0.1) is 31.9 Å². The Hall–Kier alpha value is -2.57. The van der Waals surface area contributed by atoms with Gasteiger partial charge in [-0.25, -0.2) is 0 Å². The summed E-state index contributed by atoms with van der Waals surface area (Å²) < 4.78 is 10.4. The zero-order valence-electron chi connectivity index (χ0n) is 16.0. The summed E-state index contributed by atoms with van der Waals surface area (Å²) in [6, 6.07) is 9.68. The van der Waals surface area contributed by atoms with E-state index in [-0.39, 0.29) is 5.56 Å². The summed E-state index contributed by atoms with van der Waals surface area (Å²) in [5, 5.41) is 11.7. The average Bonchev–Trinajstić information content (AvgIpc) is 2.89. The number of nitrogens with zero attached hydrogens (tertiary/aromatic N) is 1. The van der Waals surface area contributed by atoms with Crippen molar-refractivity contribution in [2.45, 2.75) is 25.4 Å². The van der Waals surface area contributed by atoms with Gasteiger partial charge in [0.25, 0.3) is 5.91 Å². The van der Waals surface area contributed by atoms with Crippen molar-refractivity contribution in [3.63, 3.8) is 0 Å². The molecular weight excluding hydrogens is 382 g/mol. The molecule has 0 unspecified atom stereocenters. The van der Waals surface area contributed by atoms with Crippen LogP contribution in [-0.4, -0.2) is 37.6 Å². The summed E-state index contributed by atoms with van der Waals surface area (Å²) in [5.74, 6) is -0.0856. The normalized spacial score (nSPS) is 18.2. The monoisotopic (exact) mass is 403 g/mol. The van der Waals surface area contributed by atoms with Gasteiger partial charge in [-0.15, -0.1) is 0 Å². The summed E-state index contributed by atoms with van der Waals surface area (Å²) in [6.45, 7) is 2.38. The number of ketones is 1. The van der Waals surface area contributed by atoms with E-state index in [0.29, 0.717) is 40.7 Å². The van der Waals surface area contributed by atoms with Gasteiger partial charge in [0, 0.05) is 23.2 Å². The van der Waals surface area contributed by atoms with Crippen molar-refractivity contribution < 1.29 is 24.2 Å². The van der Waals surface area contributed by atoms with Gasteiger partial charge < -0.3 is 19.5 Å². The second kappa shape index (κ2) is 7.81. The minimum absolute atomic E-state index is 0.266. The lowest BCUT2D eigenvalue weighted by atomic mass is 9.88. The maximum absolute atomic E-state index is 13.0. The third kappa shape index (κ3) is 3.34. The van der Waals surface area contributed by atoms with Crippen molar-refractivity contribution >= 4 is 29.0 Å². The van der Waals surface area contributed by atoms with E-state index in [1.165, 1.54) is 19.1 Å². The van der Waals surface area contributed by atoms with Crippen LogP contribution < -0.4 is 14.4 Å². The Balaban J connectivity index is 2.00. The van der Waals surface area contributed by atoms with E-state index in [9.17, 15) is 14.7 Å². The highest BCUT2D eigenvalue weighted by atomic mass is 35.5. The number of Topliss-reactive ketones (excluding diaryl/α,β-unsaturated/α-hetero) is 1. The second-order valence-electron chi connectivity index (χ2n) is 6.64. The molecule has 1 heterocycles. The number of benzene rings is 2. The number of halogens is 1. The smallest absolute Gasteiger partial charge is 0.264 e. The molecule has 0 aliphatic carbocycles. The Morgan fingerprint density at radius 3 is 2.57 bits per heavy atom. The molecule has 6 nitrogen and oxygen atoms in total. The predicted molar refractivity (Wildman–Crippen MR) is 106 cm³/mol. The number of anilines is 1. The second-order valence-corrected chi connectivity index (χ2v) is 7.08. The maximum Gasteiger partial charge on any atom is 0.264 e. The van der Waals surface area contributed by atoms with Gasteiger partial charge in [-0.1, -0.05) is 18.5 Å². The van der Waals surface area contributed by atoms with Gasteiger partial charge in [0.2, 0.25) is 0 Å². The molecule has 0 saturated carbocycles. The van der Waals surface area contributed by atoms with Crippen molar-refractivity contribution in [2.75, 3.05) is 25.7 Å². The van der Waals surface area contributed by atoms with E-state index in [1.54, 1.807) is 36.4 Å². The van der Waals surface area contributed by atoms with Crippen molar-refractivity contribution in [1.29, 1.82) is 0 Å². The van der Waals surface area contributed by atoms with Gasteiger partial charge in [-0.05, 0) is 36.8 Å². The molecule has 1 N–H and O–H groups in total. The molecule has 0 aromatic heterocycles. The van der Waals surface area contributed by atoms with Gasteiger partial charge in [-0.2, -0.15) is 0 Å². The Morgan fingerprint density at radius 2 is 1.93 bits per heavy atom. The lowest BCUT2D eigenvalue weighted by Gasteiger charge is -2.23.